The summed E-state index contributed by atoms with van der Waals surface area (Å²) >= 11 is 0. The van der Waals surface area contributed by atoms with Gasteiger partial charge in [-0.1, -0.05) is 36.9 Å². The van der Waals surface area contributed by atoms with Gasteiger partial charge in [-0.2, -0.15) is 0 Å². The quantitative estimate of drug-likeness (QED) is 0.203. The number of hydrazine groups is 1. The van der Waals surface area contributed by atoms with E-state index in [1.165, 1.54) is 25.0 Å². The van der Waals surface area contributed by atoms with Crippen LogP contribution in [0.25, 0.3) is 23.9 Å². The van der Waals surface area contributed by atoms with Crippen LogP contribution in [0.2, 0.25) is 0 Å². The minimum absolute atomic E-state index is 0.0159. The highest BCUT2D eigenvalue weighted by Crippen LogP contribution is 2.28. The van der Waals surface area contributed by atoms with Gasteiger partial charge in [0.05, 0.1) is 6.61 Å². The minimum Gasteiger partial charge on any atom is -0.379 e. The summed E-state index contributed by atoms with van der Waals surface area (Å²) in [4.78, 5) is 27.9. The van der Waals surface area contributed by atoms with Gasteiger partial charge in [-0.25, -0.2) is 10.2 Å². The summed E-state index contributed by atoms with van der Waals surface area (Å²) in [6.07, 6.45) is 6.06. The van der Waals surface area contributed by atoms with E-state index in [2.05, 4.69) is 11.9 Å². The Morgan fingerprint density at radius 3 is 2.30 bits per heavy atom. The number of likely N-dealkylation sites (tertiary alicyclic amines) is 1. The Bertz CT molecular complexity index is 1530. The highest BCUT2D eigenvalue weighted by molar-refractivity contribution is 5.96. The topological polar surface area (TPSA) is 87.9 Å². The molecule has 7 nitrogen and oxygen atoms in total. The van der Waals surface area contributed by atoms with Crippen LogP contribution < -0.4 is 21.6 Å². The second-order valence-electron chi connectivity index (χ2n) is 11.7. The Hall–Kier alpha value is -4.01. The number of benzene rings is 3. The number of carbonyl (C=O) groups excluding carboxylic acids is 2. The Morgan fingerprint density at radius 2 is 1.65 bits per heavy atom. The predicted octanol–water partition coefficient (Wildman–Crippen LogP) is 3.83. The third-order valence-corrected chi connectivity index (χ3v) is 8.41. The highest BCUT2D eigenvalue weighted by atomic mass is 19.1. The van der Waals surface area contributed by atoms with Gasteiger partial charge < -0.3 is 20.0 Å². The van der Waals surface area contributed by atoms with E-state index in [1.54, 1.807) is 23.2 Å². The van der Waals surface area contributed by atoms with E-state index < -0.39 is 0 Å². The number of nitrogens with two attached hydrogens (primary N) is 1. The normalized spacial score (nSPS) is 15.9. The first-order chi connectivity index (χ1) is 20.8. The summed E-state index contributed by atoms with van der Waals surface area (Å²) in [6, 6.07) is 17.5. The van der Waals surface area contributed by atoms with E-state index in [9.17, 15) is 14.0 Å². The van der Waals surface area contributed by atoms with E-state index in [0.29, 0.717) is 55.7 Å². The van der Waals surface area contributed by atoms with Crippen LogP contribution in [0, 0.1) is 24.6 Å². The fraction of sp³-hybridized carbons (Fsp3) is 0.371. The van der Waals surface area contributed by atoms with Crippen LogP contribution in [-0.2, 0) is 4.74 Å². The number of amides is 2. The molecule has 2 aliphatic rings. The lowest BCUT2D eigenvalue weighted by Crippen LogP contribution is -2.43. The van der Waals surface area contributed by atoms with Crippen molar-refractivity contribution >= 4 is 24.6 Å². The van der Waals surface area contributed by atoms with Gasteiger partial charge in [0.2, 0.25) is 0 Å². The molecule has 0 spiro atoms. The van der Waals surface area contributed by atoms with Crippen LogP contribution in [0.1, 0.15) is 52.0 Å². The van der Waals surface area contributed by atoms with Crippen LogP contribution in [0.5, 0.6) is 0 Å². The zero-order valence-electron chi connectivity index (χ0n) is 24.9. The summed E-state index contributed by atoms with van der Waals surface area (Å²) in [7, 11) is 0. The number of carbonyl (C=O) groups is 2. The molecule has 226 valence electrons. The number of hydrogen-bond acceptors (Lipinski definition) is 5. The molecule has 2 fully saturated rings. The highest BCUT2D eigenvalue weighted by Gasteiger charge is 2.24. The Labute approximate surface area is 252 Å². The number of nitrogens with one attached hydrogen (secondary N) is 1. The van der Waals surface area contributed by atoms with Crippen LogP contribution in [0.3, 0.4) is 0 Å². The molecule has 5 rings (SSSR count). The largest absolute Gasteiger partial charge is 0.379 e. The van der Waals surface area contributed by atoms with Crippen molar-refractivity contribution in [1.82, 2.24) is 15.2 Å². The zero-order chi connectivity index (χ0) is 30.3. The molecule has 0 radical (unpaired) electrons. The van der Waals surface area contributed by atoms with E-state index in [-0.39, 0.29) is 17.6 Å². The van der Waals surface area contributed by atoms with Gasteiger partial charge >= 0.3 is 0 Å². The Morgan fingerprint density at radius 1 is 1.00 bits per heavy atom. The molecule has 1 aliphatic carbocycles. The lowest BCUT2D eigenvalue weighted by atomic mass is 9.95. The van der Waals surface area contributed by atoms with Gasteiger partial charge in [0.15, 0.2) is 0 Å². The fourth-order valence-corrected chi connectivity index (χ4v) is 5.54. The van der Waals surface area contributed by atoms with Crippen molar-refractivity contribution in [3.05, 3.63) is 93.6 Å². The van der Waals surface area contributed by atoms with E-state index in [1.807, 2.05) is 48.4 Å². The third kappa shape index (κ3) is 8.09. The zero-order valence-corrected chi connectivity index (χ0v) is 24.9. The first kappa shape index (κ1) is 30.4. The summed E-state index contributed by atoms with van der Waals surface area (Å²) in [5.74, 6) is 7.08. The molecule has 1 heterocycles. The summed E-state index contributed by atoms with van der Waals surface area (Å²) in [5, 5.41) is 6.28. The smallest absolute Gasteiger partial charge is 0.253 e. The van der Waals surface area contributed by atoms with E-state index >= 15 is 0 Å². The predicted molar refractivity (Wildman–Crippen MR) is 168 cm³/mol. The Kier molecular flexibility index (Phi) is 9.89. The number of hydrogen-bond donors (Lipinski definition) is 2. The number of piperidine rings is 1. The minimum atomic E-state index is -0.272. The number of nitrogens with zero attached hydrogens (tertiary/aromatic N) is 2. The van der Waals surface area contributed by atoms with Crippen molar-refractivity contribution < 1.29 is 18.7 Å². The summed E-state index contributed by atoms with van der Waals surface area (Å²) < 4.78 is 18.9. The molecule has 1 saturated carbocycles. The molecule has 0 aromatic heterocycles. The first-order valence-electron chi connectivity index (χ1n) is 15.1. The standard InChI is InChI=1S/C35H41FN4O3/c1-24-3-14-32(34(41)38-17-20-43-23-27-4-5-27)25(2)33(24)22-40(37)21-26-15-18-39(19-16-26)35(42)30-8-6-28(7-9-30)29-10-12-31(36)13-11-29/h3,6-14,22,26-27H,1,4-5,15-21,23,37H2,2H3,(H,38,41)/b33-22+. The lowest BCUT2D eigenvalue weighted by molar-refractivity contribution is 0.0679. The molecule has 0 unspecified atom stereocenters. The van der Waals surface area contributed by atoms with Crippen molar-refractivity contribution in [1.29, 1.82) is 0 Å². The summed E-state index contributed by atoms with van der Waals surface area (Å²) in [6.45, 7) is 9.80. The number of halogens is 1. The van der Waals surface area contributed by atoms with Gasteiger partial charge in [-0.3, -0.25) is 9.59 Å². The molecule has 2 amide bonds. The maximum atomic E-state index is 13.2. The monoisotopic (exact) mass is 584 g/mol. The van der Waals surface area contributed by atoms with Gasteiger partial charge in [0.25, 0.3) is 11.8 Å². The second kappa shape index (κ2) is 14.0. The number of rotatable bonds is 11. The van der Waals surface area contributed by atoms with Crippen molar-refractivity contribution in [2.75, 3.05) is 39.4 Å². The van der Waals surface area contributed by atoms with Crippen molar-refractivity contribution in [3.8, 4) is 11.1 Å². The average Bonchev–Trinajstić information content (AvgIpc) is 3.84. The molecule has 1 aliphatic heterocycles. The lowest BCUT2D eigenvalue weighted by Gasteiger charge is -2.33. The molecule has 8 heteroatoms. The molecule has 0 atom stereocenters. The molecule has 3 aromatic carbocycles. The van der Waals surface area contributed by atoms with Crippen molar-refractivity contribution in [3.63, 3.8) is 0 Å². The maximum absolute atomic E-state index is 13.2. The van der Waals surface area contributed by atoms with Crippen LogP contribution in [0.4, 0.5) is 4.39 Å². The SMILES string of the molecule is C=c1ccc(C(=O)NCCOCC2CC2)c(C)/c1=C/N(N)CC1CCN(C(=O)c2ccc(-c3ccc(F)cc3)cc2)CC1. The van der Waals surface area contributed by atoms with Crippen LogP contribution in [-0.4, -0.2) is 61.1 Å². The molecule has 0 bridgehead atoms. The maximum Gasteiger partial charge on any atom is 0.253 e. The van der Waals surface area contributed by atoms with Gasteiger partial charge in [0, 0.05) is 55.3 Å². The van der Waals surface area contributed by atoms with Crippen molar-refractivity contribution in [2.45, 2.75) is 32.6 Å². The van der Waals surface area contributed by atoms with Crippen LogP contribution in [0.15, 0.2) is 60.7 Å². The van der Waals surface area contributed by atoms with Crippen molar-refractivity contribution in [2.24, 2.45) is 17.7 Å². The molecule has 3 aromatic rings. The molecular formula is C35H41FN4O3. The van der Waals surface area contributed by atoms with Gasteiger partial charge in [-0.15, -0.1) is 0 Å². The number of ether oxygens (including phenoxy) is 1. The van der Waals surface area contributed by atoms with E-state index in [0.717, 1.165) is 46.6 Å². The first-order valence-corrected chi connectivity index (χ1v) is 15.1. The van der Waals surface area contributed by atoms with Gasteiger partial charge in [-0.05, 0) is 96.7 Å². The molecule has 3 N–H and O–H groups in total. The fourth-order valence-electron chi connectivity index (χ4n) is 5.54. The van der Waals surface area contributed by atoms with Gasteiger partial charge in [0.1, 0.15) is 5.82 Å². The Balaban J connectivity index is 1.12. The average molecular weight is 585 g/mol. The molecule has 1 saturated heterocycles. The van der Waals surface area contributed by atoms with Crippen LogP contribution >= 0.6 is 0 Å². The second-order valence-corrected chi connectivity index (χ2v) is 11.7. The third-order valence-electron chi connectivity index (χ3n) is 8.41. The molecule has 43 heavy (non-hydrogen) atoms. The summed E-state index contributed by atoms with van der Waals surface area (Å²) in [5.41, 5.74) is 3.93. The van der Waals surface area contributed by atoms with E-state index in [4.69, 9.17) is 10.6 Å². The molecular weight excluding hydrogens is 543 g/mol.